The number of halogens is 2. The minimum absolute atomic E-state index is 0.104. The Morgan fingerprint density at radius 1 is 1.23 bits per heavy atom. The molecule has 0 spiro atoms. The molecule has 26 heavy (non-hydrogen) atoms. The molecular formula is C17H12F2N2O4S. The third-order valence-electron chi connectivity index (χ3n) is 3.51. The summed E-state index contributed by atoms with van der Waals surface area (Å²) >= 11 is 1.25. The number of amides is 1. The van der Waals surface area contributed by atoms with Crippen LogP contribution in [-0.4, -0.2) is 24.0 Å². The van der Waals surface area contributed by atoms with Gasteiger partial charge in [-0.2, -0.15) is 0 Å². The van der Waals surface area contributed by atoms with Crippen LogP contribution in [0.4, 0.5) is 8.78 Å². The summed E-state index contributed by atoms with van der Waals surface area (Å²) in [6, 6.07) is 6.84. The van der Waals surface area contributed by atoms with E-state index >= 15 is 0 Å². The largest absolute Gasteiger partial charge is 0.483 e. The van der Waals surface area contributed by atoms with Gasteiger partial charge in [-0.1, -0.05) is 0 Å². The fourth-order valence-electron chi connectivity index (χ4n) is 2.29. The van der Waals surface area contributed by atoms with Gasteiger partial charge in [-0.05, 0) is 30.3 Å². The van der Waals surface area contributed by atoms with Crippen molar-refractivity contribution in [3.05, 3.63) is 58.1 Å². The highest BCUT2D eigenvalue weighted by Gasteiger charge is 2.19. The van der Waals surface area contributed by atoms with Crippen molar-refractivity contribution < 1.29 is 27.8 Å². The van der Waals surface area contributed by atoms with Crippen molar-refractivity contribution in [3.63, 3.8) is 0 Å². The summed E-state index contributed by atoms with van der Waals surface area (Å²) in [4.78, 5) is 27.0. The molecule has 0 bridgehead atoms. The van der Waals surface area contributed by atoms with Gasteiger partial charge in [0.15, 0.2) is 11.6 Å². The van der Waals surface area contributed by atoms with E-state index in [1.165, 1.54) is 18.4 Å². The smallest absolute Gasteiger partial charge is 0.337 e. The third-order valence-corrected chi connectivity index (χ3v) is 4.50. The van der Waals surface area contributed by atoms with E-state index in [9.17, 15) is 18.4 Å². The van der Waals surface area contributed by atoms with E-state index in [4.69, 9.17) is 10.5 Å². The first-order valence-corrected chi connectivity index (χ1v) is 8.10. The zero-order chi connectivity index (χ0) is 18.8. The zero-order valence-electron chi connectivity index (χ0n) is 13.4. The first kappa shape index (κ1) is 17.7. The SMILES string of the molecule is COC(=O)c1ccc2nc(COc3ccc(F)c(C(N)=O)c3F)sc2c1. The zero-order valence-corrected chi connectivity index (χ0v) is 14.2. The van der Waals surface area contributed by atoms with Crippen LogP contribution in [0, 0.1) is 11.6 Å². The molecule has 134 valence electrons. The molecule has 0 radical (unpaired) electrons. The highest BCUT2D eigenvalue weighted by Crippen LogP contribution is 2.27. The van der Waals surface area contributed by atoms with Gasteiger partial charge in [0.2, 0.25) is 0 Å². The summed E-state index contributed by atoms with van der Waals surface area (Å²) in [5.41, 5.74) is 5.14. The highest BCUT2D eigenvalue weighted by molar-refractivity contribution is 7.18. The number of methoxy groups -OCH3 is 1. The van der Waals surface area contributed by atoms with Gasteiger partial charge in [0.05, 0.1) is 22.9 Å². The van der Waals surface area contributed by atoms with E-state index in [1.807, 2.05) is 0 Å². The Labute approximate surface area is 150 Å². The van der Waals surface area contributed by atoms with Crippen molar-refractivity contribution in [2.75, 3.05) is 7.11 Å². The fourth-order valence-corrected chi connectivity index (χ4v) is 3.21. The number of primary amides is 1. The second kappa shape index (κ2) is 7.04. The number of nitrogens with two attached hydrogens (primary N) is 1. The molecule has 0 aliphatic rings. The Kier molecular flexibility index (Phi) is 4.81. The van der Waals surface area contributed by atoms with Crippen LogP contribution in [-0.2, 0) is 11.3 Å². The molecule has 0 saturated heterocycles. The van der Waals surface area contributed by atoms with Gasteiger partial charge in [0.1, 0.15) is 23.0 Å². The van der Waals surface area contributed by atoms with Crippen LogP contribution in [0.3, 0.4) is 0 Å². The van der Waals surface area contributed by atoms with Crippen molar-refractivity contribution in [3.8, 4) is 5.75 Å². The molecule has 3 aromatic rings. The second-order valence-electron chi connectivity index (χ2n) is 5.17. The average Bonchev–Trinajstić information content (AvgIpc) is 3.02. The molecule has 2 aromatic carbocycles. The Morgan fingerprint density at radius 3 is 2.69 bits per heavy atom. The molecule has 0 atom stereocenters. The molecule has 0 aliphatic carbocycles. The number of carbonyl (C=O) groups is 2. The summed E-state index contributed by atoms with van der Waals surface area (Å²) in [6.07, 6.45) is 0. The van der Waals surface area contributed by atoms with Crippen LogP contribution in [0.15, 0.2) is 30.3 Å². The first-order chi connectivity index (χ1) is 12.4. The minimum Gasteiger partial charge on any atom is -0.483 e. The van der Waals surface area contributed by atoms with Crippen LogP contribution < -0.4 is 10.5 Å². The van der Waals surface area contributed by atoms with Crippen LogP contribution >= 0.6 is 11.3 Å². The van der Waals surface area contributed by atoms with Crippen molar-refractivity contribution in [2.45, 2.75) is 6.61 Å². The number of fused-ring (bicyclic) bond motifs is 1. The van der Waals surface area contributed by atoms with Crippen molar-refractivity contribution >= 4 is 33.4 Å². The molecule has 0 aliphatic heterocycles. The van der Waals surface area contributed by atoms with Gasteiger partial charge in [-0.25, -0.2) is 18.6 Å². The molecule has 1 amide bonds. The summed E-state index contributed by atoms with van der Waals surface area (Å²) in [5.74, 6) is -4.22. The Bertz CT molecular complexity index is 1020. The summed E-state index contributed by atoms with van der Waals surface area (Å²) < 4.78 is 38.3. The molecule has 3 rings (SSSR count). The number of hydrogen-bond acceptors (Lipinski definition) is 6. The van der Waals surface area contributed by atoms with Crippen molar-refractivity contribution in [1.29, 1.82) is 0 Å². The lowest BCUT2D eigenvalue weighted by Crippen LogP contribution is -2.16. The lowest BCUT2D eigenvalue weighted by atomic mass is 10.2. The quantitative estimate of drug-likeness (QED) is 0.689. The lowest BCUT2D eigenvalue weighted by Gasteiger charge is -2.08. The van der Waals surface area contributed by atoms with E-state index in [1.54, 1.807) is 18.2 Å². The number of nitrogens with zero attached hydrogens (tertiary/aromatic N) is 1. The average molecular weight is 378 g/mol. The van der Waals surface area contributed by atoms with Crippen LogP contribution in [0.25, 0.3) is 10.2 Å². The second-order valence-corrected chi connectivity index (χ2v) is 6.28. The molecule has 0 fully saturated rings. The lowest BCUT2D eigenvalue weighted by molar-refractivity contribution is 0.0600. The molecule has 9 heteroatoms. The van der Waals surface area contributed by atoms with Crippen LogP contribution in [0.2, 0.25) is 0 Å². The maximum Gasteiger partial charge on any atom is 0.337 e. The number of hydrogen-bond donors (Lipinski definition) is 1. The van der Waals surface area contributed by atoms with E-state index < -0.39 is 29.1 Å². The molecular weight excluding hydrogens is 366 g/mol. The van der Waals surface area contributed by atoms with Crippen molar-refractivity contribution in [1.82, 2.24) is 4.98 Å². The normalized spacial score (nSPS) is 10.7. The number of aromatic nitrogens is 1. The van der Waals surface area contributed by atoms with Gasteiger partial charge in [-0.15, -0.1) is 11.3 Å². The number of rotatable bonds is 5. The molecule has 0 saturated carbocycles. The monoisotopic (exact) mass is 378 g/mol. The third kappa shape index (κ3) is 3.33. The predicted octanol–water partition coefficient (Wildman–Crippen LogP) is 3.04. The highest BCUT2D eigenvalue weighted by atomic mass is 32.1. The van der Waals surface area contributed by atoms with E-state index in [0.717, 1.165) is 16.8 Å². The number of ether oxygens (including phenoxy) is 2. The topological polar surface area (TPSA) is 91.5 Å². The Hall–Kier alpha value is -3.07. The van der Waals surface area contributed by atoms with Gasteiger partial charge < -0.3 is 15.2 Å². The number of benzene rings is 2. The Morgan fingerprint density at radius 2 is 2.00 bits per heavy atom. The number of thiazole rings is 1. The standard InChI is InChI=1S/C17H12F2N2O4S/c1-24-17(23)8-2-4-10-12(6-8)26-13(21-10)7-25-11-5-3-9(18)14(15(11)19)16(20)22/h2-6H,7H2,1H3,(H2,20,22). The van der Waals surface area contributed by atoms with Crippen molar-refractivity contribution in [2.24, 2.45) is 5.73 Å². The number of esters is 1. The molecule has 6 nitrogen and oxygen atoms in total. The first-order valence-electron chi connectivity index (χ1n) is 7.29. The Balaban J connectivity index is 1.83. The summed E-state index contributed by atoms with van der Waals surface area (Å²) in [7, 11) is 1.29. The van der Waals surface area contributed by atoms with Gasteiger partial charge in [-0.3, -0.25) is 4.79 Å². The van der Waals surface area contributed by atoms with E-state index in [-0.39, 0.29) is 12.4 Å². The maximum atomic E-state index is 14.1. The minimum atomic E-state index is -1.22. The van der Waals surface area contributed by atoms with Gasteiger partial charge in [0, 0.05) is 0 Å². The molecule has 2 N–H and O–H groups in total. The fraction of sp³-hybridized carbons (Fsp3) is 0.118. The van der Waals surface area contributed by atoms with E-state index in [2.05, 4.69) is 9.72 Å². The number of carbonyl (C=O) groups excluding carboxylic acids is 2. The summed E-state index contributed by atoms with van der Waals surface area (Å²) in [6.45, 7) is -0.104. The van der Waals surface area contributed by atoms with E-state index in [0.29, 0.717) is 16.1 Å². The molecule has 1 aromatic heterocycles. The maximum absolute atomic E-state index is 14.1. The van der Waals surface area contributed by atoms with Crippen LogP contribution in [0.5, 0.6) is 5.75 Å². The van der Waals surface area contributed by atoms with Crippen LogP contribution in [0.1, 0.15) is 25.7 Å². The predicted molar refractivity (Wildman–Crippen MR) is 90.2 cm³/mol. The molecule has 0 unspecified atom stereocenters. The molecule has 1 heterocycles. The summed E-state index contributed by atoms with van der Waals surface area (Å²) in [5, 5.41) is 0.506. The van der Waals surface area contributed by atoms with Gasteiger partial charge >= 0.3 is 5.97 Å². The van der Waals surface area contributed by atoms with Gasteiger partial charge in [0.25, 0.3) is 5.91 Å².